The molecule has 0 amide bonds. The van der Waals surface area contributed by atoms with Gasteiger partial charge in [-0.1, -0.05) is 28.8 Å². The third-order valence-corrected chi connectivity index (χ3v) is 6.63. The fraction of sp³-hybridized carbons (Fsp3) is 1.00. The molecular weight excluding hydrogens is 304 g/mol. The highest BCUT2D eigenvalue weighted by molar-refractivity contribution is 9.09. The van der Waals surface area contributed by atoms with Crippen LogP contribution in [0.1, 0.15) is 44.9 Å². The van der Waals surface area contributed by atoms with Crippen molar-refractivity contribution in [3.05, 3.63) is 0 Å². The predicted octanol–water partition coefficient (Wildman–Crippen LogP) is 2.01. The van der Waals surface area contributed by atoms with Crippen LogP contribution in [-0.2, 0) is 10.2 Å². The largest absolute Gasteiger partial charge is 0.279 e. The highest BCUT2D eigenvalue weighted by atomic mass is 79.9. The Balaban J connectivity index is 2.01. The first-order chi connectivity index (χ1) is 8.08. The zero-order valence-electron chi connectivity index (χ0n) is 10.1. The molecule has 4 nitrogen and oxygen atoms in total. The zero-order chi connectivity index (χ0) is 12.4. The molecule has 2 aliphatic rings. The zero-order valence-corrected chi connectivity index (χ0v) is 12.5. The van der Waals surface area contributed by atoms with E-state index in [0.29, 0.717) is 18.4 Å². The minimum atomic E-state index is -3.28. The van der Waals surface area contributed by atoms with E-state index in [1.54, 1.807) is 4.31 Å². The molecule has 1 N–H and O–H groups in total. The van der Waals surface area contributed by atoms with Gasteiger partial charge in [0.15, 0.2) is 0 Å². The lowest BCUT2D eigenvalue weighted by Gasteiger charge is -2.41. The maximum absolute atomic E-state index is 12.3. The monoisotopic (exact) mass is 324 g/mol. The van der Waals surface area contributed by atoms with Gasteiger partial charge in [0.1, 0.15) is 0 Å². The van der Waals surface area contributed by atoms with Gasteiger partial charge in [-0.3, -0.25) is 0 Å². The van der Waals surface area contributed by atoms with Crippen LogP contribution >= 0.6 is 15.9 Å². The van der Waals surface area contributed by atoms with E-state index in [-0.39, 0.29) is 5.54 Å². The molecule has 0 aromatic carbocycles. The second-order valence-corrected chi connectivity index (χ2v) is 7.42. The summed E-state index contributed by atoms with van der Waals surface area (Å²) in [5, 5.41) is 0.715. The summed E-state index contributed by atoms with van der Waals surface area (Å²) >= 11 is 3.43. The Hall–Kier alpha value is 0.350. The van der Waals surface area contributed by atoms with Crippen molar-refractivity contribution in [2.45, 2.75) is 50.5 Å². The number of halogens is 1. The van der Waals surface area contributed by atoms with E-state index >= 15 is 0 Å². The second kappa shape index (κ2) is 5.55. The minimum absolute atomic E-state index is 0.217. The SMILES string of the molecule is O=S(=O)(NC1(CBr)CCC1)N1CCCCCC1. The molecule has 0 bridgehead atoms. The van der Waals surface area contributed by atoms with E-state index in [1.807, 2.05) is 0 Å². The van der Waals surface area contributed by atoms with Crippen LogP contribution in [0.4, 0.5) is 0 Å². The molecule has 1 aliphatic heterocycles. The molecule has 1 saturated heterocycles. The summed E-state index contributed by atoms with van der Waals surface area (Å²) < 4.78 is 29.1. The molecule has 1 heterocycles. The van der Waals surface area contributed by atoms with E-state index in [9.17, 15) is 8.42 Å². The molecule has 0 unspecified atom stereocenters. The lowest BCUT2D eigenvalue weighted by atomic mass is 9.80. The van der Waals surface area contributed by atoms with Gasteiger partial charge in [0.05, 0.1) is 0 Å². The number of nitrogens with zero attached hydrogens (tertiary/aromatic N) is 1. The quantitative estimate of drug-likeness (QED) is 0.804. The van der Waals surface area contributed by atoms with Crippen molar-refractivity contribution in [2.24, 2.45) is 0 Å². The van der Waals surface area contributed by atoms with Gasteiger partial charge in [0.25, 0.3) is 10.2 Å². The van der Waals surface area contributed by atoms with E-state index in [2.05, 4.69) is 20.7 Å². The number of rotatable bonds is 4. The Labute approximate surface area is 112 Å². The average molecular weight is 325 g/mol. The van der Waals surface area contributed by atoms with E-state index in [4.69, 9.17) is 0 Å². The first-order valence-electron chi connectivity index (χ1n) is 6.43. The van der Waals surface area contributed by atoms with Gasteiger partial charge in [-0.2, -0.15) is 17.4 Å². The Morgan fingerprint density at radius 1 is 1.06 bits per heavy atom. The van der Waals surface area contributed by atoms with Gasteiger partial charge < -0.3 is 0 Å². The Bertz CT molecular complexity index is 341. The van der Waals surface area contributed by atoms with Gasteiger partial charge in [0.2, 0.25) is 0 Å². The summed E-state index contributed by atoms with van der Waals surface area (Å²) in [6.45, 7) is 1.35. The van der Waals surface area contributed by atoms with Gasteiger partial charge in [-0.25, -0.2) is 0 Å². The van der Waals surface area contributed by atoms with Crippen molar-refractivity contribution in [1.82, 2.24) is 9.03 Å². The summed E-state index contributed by atoms with van der Waals surface area (Å²) in [5.41, 5.74) is -0.217. The van der Waals surface area contributed by atoms with Crippen molar-refractivity contribution < 1.29 is 8.42 Å². The fourth-order valence-corrected chi connectivity index (χ4v) is 5.06. The first kappa shape index (κ1) is 13.8. The molecule has 2 rings (SSSR count). The van der Waals surface area contributed by atoms with Crippen LogP contribution in [0.15, 0.2) is 0 Å². The van der Waals surface area contributed by atoms with Gasteiger partial charge in [0, 0.05) is 24.0 Å². The van der Waals surface area contributed by atoms with Crippen molar-refractivity contribution >= 4 is 26.1 Å². The summed E-state index contributed by atoms with van der Waals surface area (Å²) in [6, 6.07) is 0. The molecule has 0 aromatic heterocycles. The maximum Gasteiger partial charge on any atom is 0.279 e. The van der Waals surface area contributed by atoms with Gasteiger partial charge >= 0.3 is 0 Å². The molecule has 6 heteroatoms. The van der Waals surface area contributed by atoms with Crippen LogP contribution in [0.25, 0.3) is 0 Å². The Kier molecular flexibility index (Phi) is 4.50. The molecule has 1 saturated carbocycles. The minimum Gasteiger partial charge on any atom is -0.195 e. The maximum atomic E-state index is 12.3. The Morgan fingerprint density at radius 2 is 1.65 bits per heavy atom. The second-order valence-electron chi connectivity index (χ2n) is 5.19. The van der Waals surface area contributed by atoms with E-state index < -0.39 is 10.2 Å². The van der Waals surface area contributed by atoms with E-state index in [1.165, 1.54) is 0 Å². The molecule has 0 spiro atoms. The van der Waals surface area contributed by atoms with Crippen LogP contribution in [0, 0.1) is 0 Å². The first-order valence-corrected chi connectivity index (χ1v) is 8.99. The molecule has 2 fully saturated rings. The smallest absolute Gasteiger partial charge is 0.195 e. The van der Waals surface area contributed by atoms with Crippen LogP contribution in [0.5, 0.6) is 0 Å². The third kappa shape index (κ3) is 3.22. The summed E-state index contributed by atoms with van der Waals surface area (Å²) in [7, 11) is -3.28. The lowest BCUT2D eigenvalue weighted by molar-refractivity contribution is 0.248. The summed E-state index contributed by atoms with van der Waals surface area (Å²) in [4.78, 5) is 0. The van der Waals surface area contributed by atoms with Crippen LogP contribution in [0.2, 0.25) is 0 Å². The summed E-state index contributed by atoms with van der Waals surface area (Å²) in [6.07, 6.45) is 7.29. The number of alkyl halides is 1. The normalized spacial score (nSPS) is 26.2. The molecule has 0 radical (unpaired) electrons. The summed E-state index contributed by atoms with van der Waals surface area (Å²) in [5.74, 6) is 0. The molecular formula is C11H21BrN2O2S. The average Bonchev–Trinajstić information content (AvgIpc) is 2.52. The van der Waals surface area contributed by atoms with Crippen molar-refractivity contribution in [2.75, 3.05) is 18.4 Å². The van der Waals surface area contributed by atoms with Crippen LogP contribution in [-0.4, -0.2) is 36.7 Å². The van der Waals surface area contributed by atoms with E-state index in [0.717, 1.165) is 44.9 Å². The fourth-order valence-electron chi connectivity index (χ4n) is 2.49. The number of hydrogen-bond donors (Lipinski definition) is 1. The predicted molar refractivity (Wildman–Crippen MR) is 72.5 cm³/mol. The number of nitrogens with one attached hydrogen (secondary N) is 1. The number of hydrogen-bond acceptors (Lipinski definition) is 2. The van der Waals surface area contributed by atoms with Crippen LogP contribution < -0.4 is 4.72 Å². The molecule has 1 aliphatic carbocycles. The Morgan fingerprint density at radius 3 is 2.06 bits per heavy atom. The lowest BCUT2D eigenvalue weighted by Crippen LogP contribution is -2.58. The molecule has 17 heavy (non-hydrogen) atoms. The standard InChI is InChI=1S/C11H21BrN2O2S/c12-10-11(6-5-7-11)13-17(15,16)14-8-3-1-2-4-9-14/h13H,1-10H2. The molecule has 100 valence electrons. The van der Waals surface area contributed by atoms with Crippen molar-refractivity contribution in [1.29, 1.82) is 0 Å². The van der Waals surface area contributed by atoms with Crippen molar-refractivity contribution in [3.63, 3.8) is 0 Å². The van der Waals surface area contributed by atoms with Crippen molar-refractivity contribution in [3.8, 4) is 0 Å². The highest BCUT2D eigenvalue weighted by Crippen LogP contribution is 2.34. The highest BCUT2D eigenvalue weighted by Gasteiger charge is 2.41. The molecule has 0 aromatic rings. The molecule has 0 atom stereocenters. The third-order valence-electron chi connectivity index (χ3n) is 3.82. The van der Waals surface area contributed by atoms with Crippen LogP contribution in [0.3, 0.4) is 0 Å². The van der Waals surface area contributed by atoms with Gasteiger partial charge in [-0.15, -0.1) is 0 Å². The topological polar surface area (TPSA) is 49.4 Å². The van der Waals surface area contributed by atoms with Gasteiger partial charge in [-0.05, 0) is 32.1 Å².